The number of hydrogen-bond donors (Lipinski definition) is 0. The van der Waals surface area contributed by atoms with Gasteiger partial charge in [0.1, 0.15) is 0 Å². The molecule has 0 bridgehead atoms. The molecule has 2 heteroatoms. The molecule has 0 aromatic heterocycles. The molecule has 4 rings (SSSR count). The molecule has 2 saturated carbocycles. The largest absolute Gasteiger partial charge is 0.305 e. The van der Waals surface area contributed by atoms with Gasteiger partial charge < -0.3 is 9.80 Å². The van der Waals surface area contributed by atoms with Crippen LogP contribution in [0.3, 0.4) is 0 Å². The van der Waals surface area contributed by atoms with E-state index in [1.807, 2.05) is 27.7 Å². The second-order valence-electron chi connectivity index (χ2n) is 6.84. The van der Waals surface area contributed by atoms with Crippen molar-refractivity contribution in [2.45, 2.75) is 78.8 Å². The Balaban J connectivity index is 0.000000161. The summed E-state index contributed by atoms with van der Waals surface area (Å²) in [5.74, 6) is 1.09. The molecule has 2 saturated heterocycles. The van der Waals surface area contributed by atoms with Crippen LogP contribution in [0.2, 0.25) is 0 Å². The molecule has 3 atom stereocenters. The zero-order valence-electron chi connectivity index (χ0n) is 15.1. The van der Waals surface area contributed by atoms with Crippen LogP contribution in [0, 0.1) is 11.3 Å². The van der Waals surface area contributed by atoms with Gasteiger partial charge in [-0.2, -0.15) is 0 Å². The second-order valence-corrected chi connectivity index (χ2v) is 6.84. The highest BCUT2D eigenvalue weighted by Gasteiger charge is 2.48. The quantitative estimate of drug-likeness (QED) is 0.655. The van der Waals surface area contributed by atoms with Crippen LogP contribution in [-0.2, 0) is 0 Å². The number of likely N-dealkylation sites (tertiary alicyclic amines) is 2. The van der Waals surface area contributed by atoms with Gasteiger partial charge in [-0.15, -0.1) is 0 Å². The van der Waals surface area contributed by atoms with Crippen molar-refractivity contribution < 1.29 is 0 Å². The van der Waals surface area contributed by atoms with Crippen molar-refractivity contribution in [1.82, 2.24) is 9.80 Å². The van der Waals surface area contributed by atoms with Crippen molar-refractivity contribution in [1.29, 1.82) is 0 Å². The first kappa shape index (κ1) is 18.0. The van der Waals surface area contributed by atoms with Gasteiger partial charge >= 0.3 is 0 Å². The summed E-state index contributed by atoms with van der Waals surface area (Å²) in [6, 6.07) is 1.86. The molecule has 20 heavy (non-hydrogen) atoms. The predicted octanol–water partition coefficient (Wildman–Crippen LogP) is 4.25. The van der Waals surface area contributed by atoms with E-state index in [9.17, 15) is 0 Å². The van der Waals surface area contributed by atoms with Crippen LogP contribution >= 0.6 is 0 Å². The van der Waals surface area contributed by atoms with Crippen LogP contribution in [0.15, 0.2) is 0 Å². The Hall–Kier alpha value is -0.0800. The van der Waals surface area contributed by atoms with Gasteiger partial charge in [0.25, 0.3) is 0 Å². The predicted molar refractivity (Wildman–Crippen MR) is 90.2 cm³/mol. The third kappa shape index (κ3) is 3.98. The van der Waals surface area contributed by atoms with E-state index in [0.717, 1.165) is 23.4 Å². The molecule has 3 unspecified atom stereocenters. The summed E-state index contributed by atoms with van der Waals surface area (Å²) >= 11 is 0. The van der Waals surface area contributed by atoms with E-state index in [2.05, 4.69) is 30.8 Å². The Bertz CT molecular complexity index is 263. The molecule has 2 heterocycles. The van der Waals surface area contributed by atoms with Gasteiger partial charge in [-0.1, -0.05) is 34.1 Å². The topological polar surface area (TPSA) is 6.48 Å². The summed E-state index contributed by atoms with van der Waals surface area (Å²) in [6.07, 6.45) is 7.46. The lowest BCUT2D eigenvalue weighted by molar-refractivity contribution is -0.0436. The zero-order chi connectivity index (χ0) is 15.3. The van der Waals surface area contributed by atoms with E-state index in [1.165, 1.54) is 45.2 Å². The van der Waals surface area contributed by atoms with Crippen LogP contribution in [0.5, 0.6) is 0 Å². The van der Waals surface area contributed by atoms with Gasteiger partial charge in [-0.3, -0.25) is 0 Å². The minimum absolute atomic E-state index is 0.842. The highest BCUT2D eigenvalue weighted by molar-refractivity contribution is 5.02. The first-order chi connectivity index (χ1) is 9.60. The molecule has 4 fully saturated rings. The molecule has 120 valence electrons. The van der Waals surface area contributed by atoms with Crippen molar-refractivity contribution in [3.63, 3.8) is 0 Å². The van der Waals surface area contributed by atoms with Gasteiger partial charge in [0.2, 0.25) is 0 Å². The molecular formula is C18H38N2. The Morgan fingerprint density at radius 2 is 1.45 bits per heavy atom. The van der Waals surface area contributed by atoms with E-state index >= 15 is 0 Å². The molecule has 2 nitrogen and oxygen atoms in total. The van der Waals surface area contributed by atoms with Crippen LogP contribution in [0.1, 0.15) is 66.7 Å². The van der Waals surface area contributed by atoms with Crippen LogP contribution in [-0.4, -0.2) is 49.1 Å². The zero-order valence-corrected chi connectivity index (χ0v) is 15.1. The summed E-state index contributed by atoms with van der Waals surface area (Å²) in [4.78, 5) is 4.93. The first-order valence-corrected chi connectivity index (χ1v) is 9.00. The van der Waals surface area contributed by atoms with Gasteiger partial charge in [0.05, 0.1) is 0 Å². The monoisotopic (exact) mass is 282 g/mol. The molecule has 0 aromatic rings. The summed E-state index contributed by atoms with van der Waals surface area (Å²) in [6.45, 7) is 13.1. The number of rotatable bonds is 0. The third-order valence-corrected chi connectivity index (χ3v) is 5.37. The highest BCUT2D eigenvalue weighted by Crippen LogP contribution is 2.47. The van der Waals surface area contributed by atoms with E-state index in [-0.39, 0.29) is 0 Å². The van der Waals surface area contributed by atoms with E-state index in [4.69, 9.17) is 0 Å². The Kier molecular flexibility index (Phi) is 7.00. The maximum atomic E-state index is 2.52. The van der Waals surface area contributed by atoms with Gasteiger partial charge in [-0.25, -0.2) is 0 Å². The fraction of sp³-hybridized carbons (Fsp3) is 1.00. The minimum Gasteiger partial charge on any atom is -0.305 e. The van der Waals surface area contributed by atoms with Crippen molar-refractivity contribution in [2.24, 2.45) is 11.3 Å². The van der Waals surface area contributed by atoms with Crippen molar-refractivity contribution in [2.75, 3.05) is 27.2 Å². The van der Waals surface area contributed by atoms with Gasteiger partial charge in [0.15, 0.2) is 0 Å². The molecule has 0 radical (unpaired) electrons. The van der Waals surface area contributed by atoms with E-state index in [0.29, 0.717) is 0 Å². The summed E-state index contributed by atoms with van der Waals surface area (Å²) in [5.41, 5.74) is 0.842. The third-order valence-electron chi connectivity index (χ3n) is 5.37. The van der Waals surface area contributed by atoms with Crippen LogP contribution in [0.4, 0.5) is 0 Å². The van der Waals surface area contributed by atoms with Crippen LogP contribution < -0.4 is 0 Å². The Morgan fingerprint density at radius 3 is 1.60 bits per heavy atom. The average molecular weight is 283 g/mol. The SMILES string of the molecule is CC.CC.CC1CC2CC2N1C.CN1CC2(CCC2)C1. The van der Waals surface area contributed by atoms with Crippen molar-refractivity contribution in [3.8, 4) is 0 Å². The van der Waals surface area contributed by atoms with Crippen molar-refractivity contribution >= 4 is 0 Å². The molecule has 0 amide bonds. The maximum Gasteiger partial charge on any atom is 0.0128 e. The highest BCUT2D eigenvalue weighted by atomic mass is 15.2. The fourth-order valence-electron chi connectivity index (χ4n) is 4.01. The number of piperidine rings is 1. The Morgan fingerprint density at radius 1 is 0.900 bits per heavy atom. The van der Waals surface area contributed by atoms with E-state index in [1.54, 1.807) is 0 Å². The number of nitrogens with zero attached hydrogens (tertiary/aromatic N) is 2. The van der Waals surface area contributed by atoms with E-state index < -0.39 is 0 Å². The lowest BCUT2D eigenvalue weighted by Gasteiger charge is -2.54. The molecular weight excluding hydrogens is 244 g/mol. The standard InChI is InChI=1S/2C7H13N.2C2H6/c1-5-3-6-4-7(6)8(5)2;1-8-5-7(6-8)3-2-4-7;2*1-2/h5-7H,3-4H2,1-2H3;2-6H2,1H3;2*1-2H3. The van der Waals surface area contributed by atoms with Gasteiger partial charge in [0, 0.05) is 25.2 Å². The smallest absolute Gasteiger partial charge is 0.0128 e. The summed E-state index contributed by atoms with van der Waals surface area (Å²) in [5, 5.41) is 0. The molecule has 2 aliphatic heterocycles. The Labute approximate surface area is 127 Å². The molecule has 0 N–H and O–H groups in total. The summed E-state index contributed by atoms with van der Waals surface area (Å²) in [7, 11) is 4.46. The molecule has 4 aliphatic rings. The normalized spacial score (nSPS) is 35.9. The second kappa shape index (κ2) is 7.79. The average Bonchev–Trinajstić information content (AvgIpc) is 3.10. The summed E-state index contributed by atoms with van der Waals surface area (Å²) < 4.78 is 0. The fourth-order valence-corrected chi connectivity index (χ4v) is 4.01. The van der Waals surface area contributed by atoms with Gasteiger partial charge in [-0.05, 0) is 58.0 Å². The lowest BCUT2D eigenvalue weighted by Crippen LogP contribution is -2.57. The van der Waals surface area contributed by atoms with Crippen molar-refractivity contribution in [3.05, 3.63) is 0 Å². The molecule has 1 spiro atoms. The van der Waals surface area contributed by atoms with Crippen LogP contribution in [0.25, 0.3) is 0 Å². The molecule has 2 aliphatic carbocycles. The number of hydrogen-bond acceptors (Lipinski definition) is 2. The maximum absolute atomic E-state index is 2.52. The minimum atomic E-state index is 0.842. The lowest BCUT2D eigenvalue weighted by atomic mass is 9.64. The number of fused-ring (bicyclic) bond motifs is 1. The first-order valence-electron chi connectivity index (χ1n) is 9.00. The molecule has 0 aromatic carbocycles.